The summed E-state index contributed by atoms with van der Waals surface area (Å²) in [7, 11) is 3.07. The third-order valence-electron chi connectivity index (χ3n) is 8.69. The van der Waals surface area contributed by atoms with E-state index in [9.17, 15) is 44.4 Å². The van der Waals surface area contributed by atoms with Crippen molar-refractivity contribution in [2.24, 2.45) is 10.8 Å². The van der Waals surface area contributed by atoms with Crippen molar-refractivity contribution in [3.05, 3.63) is 0 Å². The average molecular weight is 811 g/mol. The van der Waals surface area contributed by atoms with Gasteiger partial charge in [0.05, 0.1) is 13.2 Å². The van der Waals surface area contributed by atoms with Crippen molar-refractivity contribution in [3.8, 4) is 0 Å². The lowest BCUT2D eigenvalue weighted by Crippen LogP contribution is -2.46. The topological polar surface area (TPSA) is 235 Å². The largest absolute Gasteiger partial charge is 0.481 e. The second-order valence-electron chi connectivity index (χ2n) is 14.9. The van der Waals surface area contributed by atoms with Gasteiger partial charge < -0.3 is 46.8 Å². The first-order valence-corrected chi connectivity index (χ1v) is 22.2. The molecule has 0 aliphatic carbocycles. The zero-order valence-corrected chi connectivity index (χ0v) is 35.4. The van der Waals surface area contributed by atoms with E-state index in [-0.39, 0.29) is 51.0 Å². The molecule has 16 heteroatoms. The van der Waals surface area contributed by atoms with Gasteiger partial charge in [-0.3, -0.25) is 24.0 Å². The van der Waals surface area contributed by atoms with Gasteiger partial charge in [0.2, 0.25) is 23.6 Å². The minimum atomic E-state index is -1.37. The predicted molar refractivity (Wildman–Crippen MR) is 218 cm³/mol. The average Bonchev–Trinajstić information content (AvgIpc) is 3.13. The van der Waals surface area contributed by atoms with E-state index in [2.05, 4.69) is 28.2 Å². The molecule has 0 rings (SSSR count). The number of carbonyl (C=O) groups excluding carboxylic acids is 4. The van der Waals surface area contributed by atoms with Crippen LogP contribution in [0.25, 0.3) is 0 Å². The molecule has 0 bridgehead atoms. The first kappa shape index (κ1) is 54.0. The Balaban J connectivity index is 0. The molecule has 0 heterocycles. The Hall–Kier alpha value is -2.11. The highest BCUT2D eigenvalue weighted by molar-refractivity contribution is 8.76. The fourth-order valence-corrected chi connectivity index (χ4v) is 6.54. The second-order valence-corrected chi connectivity index (χ2v) is 17.6. The first-order valence-electron chi connectivity index (χ1n) is 19.7. The molecule has 0 aliphatic rings. The van der Waals surface area contributed by atoms with Crippen LogP contribution in [-0.4, -0.2) is 118 Å². The summed E-state index contributed by atoms with van der Waals surface area (Å²) in [6.07, 6.45) is 14.7. The molecule has 14 nitrogen and oxygen atoms in total. The van der Waals surface area contributed by atoms with E-state index < -0.39 is 40.8 Å². The molecule has 0 aromatic carbocycles. The molecule has 9 N–H and O–H groups in total. The molecular weight excluding hydrogens is 737 g/mol. The highest BCUT2D eigenvalue weighted by Gasteiger charge is 2.33. The Labute approximate surface area is 332 Å². The smallest absolute Gasteiger partial charge is 0.303 e. The fraction of sp³-hybridized carbons (Fsp3) is 0.868. The van der Waals surface area contributed by atoms with E-state index in [0.717, 1.165) is 12.8 Å². The summed E-state index contributed by atoms with van der Waals surface area (Å²) >= 11 is 0. The number of hydrogen-bond donors (Lipinski definition) is 9. The van der Waals surface area contributed by atoms with Crippen molar-refractivity contribution in [1.29, 1.82) is 0 Å². The van der Waals surface area contributed by atoms with Gasteiger partial charge in [-0.2, -0.15) is 0 Å². The molecule has 2 unspecified atom stereocenters. The molecule has 0 spiro atoms. The molecule has 318 valence electrons. The van der Waals surface area contributed by atoms with Crippen LogP contribution >= 0.6 is 21.6 Å². The number of carbonyl (C=O) groups is 5. The maximum Gasteiger partial charge on any atom is 0.303 e. The number of nitrogens with one attached hydrogen (secondary N) is 4. The Morgan fingerprint density at radius 2 is 0.852 bits per heavy atom. The maximum absolute atomic E-state index is 11.8. The van der Waals surface area contributed by atoms with E-state index in [4.69, 9.17) is 5.11 Å². The van der Waals surface area contributed by atoms with Crippen molar-refractivity contribution in [2.45, 2.75) is 150 Å². The number of unbranched alkanes of at least 4 members (excludes halogenated alkanes) is 12. The summed E-state index contributed by atoms with van der Waals surface area (Å²) in [6.45, 7) is 8.85. The van der Waals surface area contributed by atoms with Crippen LogP contribution in [0.1, 0.15) is 137 Å². The van der Waals surface area contributed by atoms with Crippen LogP contribution in [0.5, 0.6) is 0 Å². The molecule has 0 fully saturated rings. The van der Waals surface area contributed by atoms with Gasteiger partial charge in [-0.15, -0.1) is 0 Å². The van der Waals surface area contributed by atoms with Gasteiger partial charge >= 0.3 is 5.97 Å². The molecule has 0 radical (unpaired) electrons. The number of aliphatic hydroxyl groups is 4. The lowest BCUT2D eigenvalue weighted by atomic mass is 9.87. The van der Waals surface area contributed by atoms with Crippen LogP contribution in [0.3, 0.4) is 0 Å². The quantitative estimate of drug-likeness (QED) is 0.0339. The van der Waals surface area contributed by atoms with Crippen molar-refractivity contribution in [3.63, 3.8) is 0 Å². The van der Waals surface area contributed by atoms with Gasteiger partial charge in [0.1, 0.15) is 12.2 Å². The number of carboxylic acids is 1. The summed E-state index contributed by atoms with van der Waals surface area (Å²) in [5.74, 6) is -1.08. The number of hydrogen-bond acceptors (Lipinski definition) is 11. The Morgan fingerprint density at radius 1 is 0.519 bits per heavy atom. The van der Waals surface area contributed by atoms with Crippen LogP contribution in [0.2, 0.25) is 0 Å². The minimum absolute atomic E-state index is 0.0699. The molecule has 2 atom stereocenters. The van der Waals surface area contributed by atoms with Crippen LogP contribution in [0.4, 0.5) is 0 Å². The molecule has 0 saturated carbocycles. The van der Waals surface area contributed by atoms with E-state index in [1.807, 2.05) is 0 Å². The standard InChI is InChI=1S/C22H42N4O8S2.C16H32O2/c1-21(2,13-27)17(31)19(33)25-7-5-15(29)23-9-11-35-36-12-10-24-16(30)6-8-26-20(34)18(32)22(3,4)14-28;1-2-3-4-5-6-7-8-9-10-11-12-13-14-15-16(17)18/h17-18,27-28,31-32H,5-14H2,1-4H3,(H,23,29)(H,24,30)(H,25,33)(H,26,34);2-15H2,1H3,(H,17,18). The monoisotopic (exact) mass is 810 g/mol. The van der Waals surface area contributed by atoms with Crippen LogP contribution in [0, 0.1) is 10.8 Å². The Kier molecular flexibility index (Phi) is 34.2. The molecular formula is C38H74N4O10S2. The van der Waals surface area contributed by atoms with Crippen LogP contribution in [-0.2, 0) is 24.0 Å². The van der Waals surface area contributed by atoms with Crippen LogP contribution in [0.15, 0.2) is 0 Å². The highest BCUT2D eigenvalue weighted by atomic mass is 33.1. The third kappa shape index (κ3) is 31.1. The molecule has 4 amide bonds. The Bertz CT molecular complexity index is 963. The summed E-state index contributed by atoms with van der Waals surface area (Å²) < 4.78 is 0. The van der Waals surface area contributed by atoms with Crippen molar-refractivity contribution in [1.82, 2.24) is 21.3 Å². The van der Waals surface area contributed by atoms with E-state index in [1.165, 1.54) is 92.2 Å². The van der Waals surface area contributed by atoms with Crippen LogP contribution < -0.4 is 21.3 Å². The molecule has 54 heavy (non-hydrogen) atoms. The van der Waals surface area contributed by atoms with Gasteiger partial charge in [-0.1, -0.05) is 133 Å². The maximum atomic E-state index is 11.8. The van der Waals surface area contributed by atoms with Gasteiger partial charge in [-0.25, -0.2) is 0 Å². The number of carboxylic acid groups (broad SMARTS) is 1. The van der Waals surface area contributed by atoms with Gasteiger partial charge in [0.25, 0.3) is 0 Å². The van der Waals surface area contributed by atoms with Crippen molar-refractivity contribution >= 4 is 51.2 Å². The molecule has 0 aromatic rings. The number of aliphatic carboxylic acids is 1. The Morgan fingerprint density at radius 3 is 1.17 bits per heavy atom. The second kappa shape index (κ2) is 34.2. The number of aliphatic hydroxyl groups excluding tert-OH is 4. The van der Waals surface area contributed by atoms with Gasteiger partial charge in [0, 0.05) is 67.8 Å². The zero-order chi connectivity index (χ0) is 41.3. The third-order valence-corrected chi connectivity index (χ3v) is 11.1. The van der Waals surface area contributed by atoms with E-state index in [0.29, 0.717) is 31.0 Å². The lowest BCUT2D eigenvalue weighted by Gasteiger charge is -2.27. The predicted octanol–water partition coefficient (Wildman–Crippen LogP) is 3.92. The zero-order valence-electron chi connectivity index (χ0n) is 33.7. The SMILES string of the molecule is CC(C)(CO)C(O)C(=O)NCCC(=O)NCCSSCCNC(=O)CCNC(=O)C(O)C(C)(C)CO.CCCCCCCCCCCCCCCC(=O)O. The molecule has 0 aromatic heterocycles. The lowest BCUT2D eigenvalue weighted by molar-refractivity contribution is -0.138. The number of amides is 4. The van der Waals surface area contributed by atoms with Crippen molar-refractivity contribution < 1.29 is 49.5 Å². The van der Waals surface area contributed by atoms with Gasteiger partial charge in [0.15, 0.2) is 0 Å². The molecule has 0 saturated heterocycles. The summed E-state index contributed by atoms with van der Waals surface area (Å²) in [5, 5.41) is 57.0. The van der Waals surface area contributed by atoms with E-state index >= 15 is 0 Å². The first-order chi connectivity index (χ1) is 25.5. The van der Waals surface area contributed by atoms with Gasteiger partial charge in [-0.05, 0) is 6.42 Å². The highest BCUT2D eigenvalue weighted by Crippen LogP contribution is 2.21. The fourth-order valence-electron chi connectivity index (χ4n) is 4.73. The van der Waals surface area contributed by atoms with Crippen molar-refractivity contribution in [2.75, 3.05) is 50.9 Å². The summed E-state index contributed by atoms with van der Waals surface area (Å²) in [6, 6.07) is 0. The number of rotatable bonds is 33. The normalized spacial score (nSPS) is 12.5. The summed E-state index contributed by atoms with van der Waals surface area (Å²) in [4.78, 5) is 57.6. The molecule has 0 aliphatic heterocycles. The minimum Gasteiger partial charge on any atom is -0.481 e. The van der Waals surface area contributed by atoms with E-state index in [1.54, 1.807) is 27.7 Å². The summed E-state index contributed by atoms with van der Waals surface area (Å²) in [5.41, 5.74) is -1.94.